The van der Waals surface area contributed by atoms with Gasteiger partial charge in [0.15, 0.2) is 10.8 Å². The molecule has 0 saturated carbocycles. The van der Waals surface area contributed by atoms with Crippen LogP contribution >= 0.6 is 23.4 Å². The number of non-ortho nitro benzene ring substituents is 1. The first kappa shape index (κ1) is 18.2. The molecular formula is C18H12ClN5O3S. The van der Waals surface area contributed by atoms with E-state index in [1.807, 2.05) is 0 Å². The van der Waals surface area contributed by atoms with Crippen molar-refractivity contribution < 1.29 is 4.92 Å². The van der Waals surface area contributed by atoms with Crippen molar-refractivity contribution in [1.29, 1.82) is 0 Å². The number of nitro groups is 1. The van der Waals surface area contributed by atoms with Crippen LogP contribution in [0.2, 0.25) is 5.02 Å². The minimum Gasteiger partial charge on any atom is -0.268 e. The predicted octanol–water partition coefficient (Wildman–Crippen LogP) is 3.96. The number of hydrogen-bond donors (Lipinski definition) is 1. The fourth-order valence-electron chi connectivity index (χ4n) is 2.70. The van der Waals surface area contributed by atoms with Crippen molar-refractivity contribution in [2.75, 3.05) is 0 Å². The predicted molar refractivity (Wildman–Crippen MR) is 107 cm³/mol. The van der Waals surface area contributed by atoms with Gasteiger partial charge in [-0.05, 0) is 29.8 Å². The van der Waals surface area contributed by atoms with Gasteiger partial charge in [0.2, 0.25) is 0 Å². The van der Waals surface area contributed by atoms with E-state index in [0.29, 0.717) is 32.7 Å². The van der Waals surface area contributed by atoms with E-state index in [4.69, 9.17) is 11.6 Å². The zero-order chi connectivity index (χ0) is 19.7. The highest BCUT2D eigenvalue weighted by molar-refractivity contribution is 7.98. The summed E-state index contributed by atoms with van der Waals surface area (Å²) in [6.45, 7) is 0. The molecule has 0 aliphatic heterocycles. The Morgan fingerprint density at radius 1 is 1.21 bits per heavy atom. The lowest BCUT2D eigenvalue weighted by molar-refractivity contribution is -0.384. The average Bonchev–Trinajstić information content (AvgIpc) is 3.17. The van der Waals surface area contributed by atoms with Gasteiger partial charge in [0.25, 0.3) is 11.2 Å². The van der Waals surface area contributed by atoms with Gasteiger partial charge in [-0.15, -0.1) is 0 Å². The number of nitrogens with zero attached hydrogens (tertiary/aromatic N) is 4. The third-order valence-electron chi connectivity index (χ3n) is 4.03. The molecule has 0 radical (unpaired) electrons. The van der Waals surface area contributed by atoms with Crippen LogP contribution in [0.25, 0.3) is 16.7 Å². The molecular weight excluding hydrogens is 402 g/mol. The maximum absolute atomic E-state index is 13.0. The summed E-state index contributed by atoms with van der Waals surface area (Å²) in [5.74, 6) is 0.404. The maximum atomic E-state index is 13.0. The van der Waals surface area contributed by atoms with E-state index in [0.717, 1.165) is 5.56 Å². The maximum Gasteiger partial charge on any atom is 0.269 e. The number of H-pyrrole nitrogens is 1. The van der Waals surface area contributed by atoms with Gasteiger partial charge in [-0.1, -0.05) is 35.5 Å². The molecule has 4 rings (SSSR count). The third-order valence-corrected chi connectivity index (χ3v) is 5.29. The highest BCUT2D eigenvalue weighted by atomic mass is 35.5. The van der Waals surface area contributed by atoms with Crippen LogP contribution in [0, 0.1) is 10.1 Å². The number of benzene rings is 2. The number of thioether (sulfide) groups is 1. The van der Waals surface area contributed by atoms with Gasteiger partial charge in [0.1, 0.15) is 5.39 Å². The van der Waals surface area contributed by atoms with Gasteiger partial charge in [0, 0.05) is 22.9 Å². The Bertz CT molecular complexity index is 1240. The Hall–Kier alpha value is -3.17. The Labute approximate surface area is 167 Å². The topological polar surface area (TPSA) is 107 Å². The molecule has 0 amide bonds. The quantitative estimate of drug-likeness (QED) is 0.229. The van der Waals surface area contributed by atoms with Gasteiger partial charge < -0.3 is 0 Å². The van der Waals surface area contributed by atoms with Crippen LogP contribution in [-0.2, 0) is 5.75 Å². The summed E-state index contributed by atoms with van der Waals surface area (Å²) in [5.41, 5.74) is 1.51. The molecule has 0 saturated heterocycles. The standard InChI is InChI=1S/C18H12ClN5O3S/c19-12-4-6-13(7-5-12)23-17(25)15-9-20-22-16(15)21-18(23)28-10-11-2-1-3-14(8-11)24(26)27/h1-9H,10H2,(H,20,22). The van der Waals surface area contributed by atoms with Gasteiger partial charge in [-0.3, -0.25) is 24.6 Å². The SMILES string of the molecule is O=c1c2cn[nH]c2nc(SCc2cccc([N+](=O)[O-])c2)n1-c1ccc(Cl)cc1. The summed E-state index contributed by atoms with van der Waals surface area (Å²) in [7, 11) is 0. The molecule has 0 bridgehead atoms. The largest absolute Gasteiger partial charge is 0.269 e. The molecule has 1 N–H and O–H groups in total. The second-order valence-corrected chi connectivity index (χ2v) is 7.24. The van der Waals surface area contributed by atoms with Gasteiger partial charge in [-0.25, -0.2) is 4.98 Å². The number of hydrogen-bond acceptors (Lipinski definition) is 6. The van der Waals surface area contributed by atoms with E-state index in [-0.39, 0.29) is 11.2 Å². The molecule has 4 aromatic rings. The van der Waals surface area contributed by atoms with Crippen LogP contribution in [0.3, 0.4) is 0 Å². The number of aromatic amines is 1. The summed E-state index contributed by atoms with van der Waals surface area (Å²) in [6.07, 6.45) is 1.44. The average molecular weight is 414 g/mol. The minimum atomic E-state index is -0.438. The lowest BCUT2D eigenvalue weighted by atomic mass is 10.2. The molecule has 0 spiro atoms. The van der Waals surface area contributed by atoms with Crippen LogP contribution in [-0.4, -0.2) is 24.7 Å². The van der Waals surface area contributed by atoms with E-state index in [1.165, 1.54) is 34.7 Å². The molecule has 2 aromatic heterocycles. The second kappa shape index (κ2) is 7.45. The Morgan fingerprint density at radius 2 is 2.00 bits per heavy atom. The molecule has 0 atom stereocenters. The molecule has 10 heteroatoms. The summed E-state index contributed by atoms with van der Waals surface area (Å²) in [4.78, 5) is 28.0. The first-order valence-corrected chi connectivity index (χ1v) is 9.47. The van der Waals surface area contributed by atoms with E-state index in [1.54, 1.807) is 36.4 Å². The van der Waals surface area contributed by atoms with Crippen LogP contribution in [0.4, 0.5) is 5.69 Å². The summed E-state index contributed by atoms with van der Waals surface area (Å²) in [6, 6.07) is 13.2. The van der Waals surface area contributed by atoms with Crippen molar-refractivity contribution in [3.05, 3.63) is 85.8 Å². The zero-order valence-corrected chi connectivity index (χ0v) is 15.8. The summed E-state index contributed by atoms with van der Waals surface area (Å²) < 4.78 is 1.48. The molecule has 0 aliphatic rings. The van der Waals surface area contributed by atoms with E-state index in [9.17, 15) is 14.9 Å². The van der Waals surface area contributed by atoms with Crippen molar-refractivity contribution in [2.45, 2.75) is 10.9 Å². The number of nitro benzene ring substituents is 1. The van der Waals surface area contributed by atoms with E-state index < -0.39 is 4.92 Å². The first-order chi connectivity index (χ1) is 13.5. The normalized spacial score (nSPS) is 11.0. The van der Waals surface area contributed by atoms with Gasteiger partial charge >= 0.3 is 0 Å². The van der Waals surface area contributed by atoms with Crippen molar-refractivity contribution >= 4 is 40.1 Å². The Morgan fingerprint density at radius 3 is 2.75 bits per heavy atom. The second-order valence-electron chi connectivity index (χ2n) is 5.86. The molecule has 140 valence electrons. The van der Waals surface area contributed by atoms with Crippen LogP contribution in [0.5, 0.6) is 0 Å². The number of halogens is 1. The first-order valence-electron chi connectivity index (χ1n) is 8.11. The highest BCUT2D eigenvalue weighted by Crippen LogP contribution is 2.26. The van der Waals surface area contributed by atoms with Crippen molar-refractivity contribution in [1.82, 2.24) is 19.7 Å². The lowest BCUT2D eigenvalue weighted by Crippen LogP contribution is -2.21. The molecule has 2 aromatic carbocycles. The monoisotopic (exact) mass is 413 g/mol. The number of aromatic nitrogens is 4. The molecule has 8 nitrogen and oxygen atoms in total. The number of rotatable bonds is 5. The third kappa shape index (κ3) is 3.49. The van der Waals surface area contributed by atoms with Gasteiger partial charge in [0.05, 0.1) is 16.8 Å². The fraction of sp³-hybridized carbons (Fsp3) is 0.0556. The highest BCUT2D eigenvalue weighted by Gasteiger charge is 2.15. The van der Waals surface area contributed by atoms with Crippen molar-refractivity contribution in [3.8, 4) is 5.69 Å². The Kier molecular flexibility index (Phi) is 4.84. The molecule has 2 heterocycles. The van der Waals surface area contributed by atoms with Crippen LogP contribution < -0.4 is 5.56 Å². The molecule has 0 aliphatic carbocycles. The zero-order valence-electron chi connectivity index (χ0n) is 14.2. The van der Waals surface area contributed by atoms with Gasteiger partial charge in [-0.2, -0.15) is 5.10 Å². The van der Waals surface area contributed by atoms with Crippen LogP contribution in [0.1, 0.15) is 5.56 Å². The van der Waals surface area contributed by atoms with Crippen LogP contribution in [0.15, 0.2) is 64.7 Å². The molecule has 0 fully saturated rings. The molecule has 28 heavy (non-hydrogen) atoms. The van der Waals surface area contributed by atoms with Crippen molar-refractivity contribution in [2.24, 2.45) is 0 Å². The summed E-state index contributed by atoms with van der Waals surface area (Å²) >= 11 is 7.26. The fourth-order valence-corrected chi connectivity index (χ4v) is 3.77. The number of nitrogens with one attached hydrogen (secondary N) is 1. The number of fused-ring (bicyclic) bond motifs is 1. The smallest absolute Gasteiger partial charge is 0.268 e. The lowest BCUT2D eigenvalue weighted by Gasteiger charge is -2.12. The Balaban J connectivity index is 1.76. The molecule has 0 unspecified atom stereocenters. The van der Waals surface area contributed by atoms with E-state index in [2.05, 4.69) is 15.2 Å². The van der Waals surface area contributed by atoms with Crippen molar-refractivity contribution in [3.63, 3.8) is 0 Å². The summed E-state index contributed by atoms with van der Waals surface area (Å²) in [5, 5.41) is 18.9. The van der Waals surface area contributed by atoms with E-state index >= 15 is 0 Å². The minimum absolute atomic E-state index is 0.0187.